The number of sulfonamides is 1. The highest BCUT2D eigenvalue weighted by molar-refractivity contribution is 7.88. The summed E-state index contributed by atoms with van der Waals surface area (Å²) in [4.78, 5) is 18.9. The molecule has 8 heteroatoms. The highest BCUT2D eigenvalue weighted by Gasteiger charge is 2.29. The van der Waals surface area contributed by atoms with Crippen LogP contribution in [-0.2, 0) is 21.2 Å². The Balaban J connectivity index is 1.80. The average Bonchev–Trinajstić information content (AvgIpc) is 2.91. The first-order valence-electron chi connectivity index (χ1n) is 6.67. The van der Waals surface area contributed by atoms with Gasteiger partial charge in [-0.05, 0) is 12.8 Å². The number of imidazole rings is 1. The summed E-state index contributed by atoms with van der Waals surface area (Å²) in [5.41, 5.74) is 0.965. The topological polar surface area (TPSA) is 95.2 Å². The van der Waals surface area contributed by atoms with E-state index in [1.165, 1.54) is 10.6 Å². The van der Waals surface area contributed by atoms with Crippen LogP contribution in [-0.4, -0.2) is 54.5 Å². The Hall–Kier alpha value is -1.41. The molecule has 1 aliphatic rings. The smallest absolute Gasteiger partial charge is 0.224 e. The van der Waals surface area contributed by atoms with Gasteiger partial charge in [-0.3, -0.25) is 4.79 Å². The molecular formula is C12H20N4O3S. The molecule has 0 spiro atoms. The number of H-pyrrole nitrogens is 1. The molecule has 1 atom stereocenters. The highest BCUT2D eigenvalue weighted by atomic mass is 32.2. The maximum atomic E-state index is 12.0. The zero-order chi connectivity index (χ0) is 14.6. The second kappa shape index (κ2) is 6.36. The summed E-state index contributed by atoms with van der Waals surface area (Å²) in [6.07, 6.45) is 6.66. The van der Waals surface area contributed by atoms with E-state index in [0.29, 0.717) is 19.5 Å². The van der Waals surface area contributed by atoms with Gasteiger partial charge in [-0.2, -0.15) is 0 Å². The molecule has 0 aromatic carbocycles. The van der Waals surface area contributed by atoms with E-state index in [0.717, 1.165) is 18.5 Å². The summed E-state index contributed by atoms with van der Waals surface area (Å²) in [7, 11) is -3.21. The molecule has 2 rings (SSSR count). The predicted octanol–water partition coefficient (Wildman–Crippen LogP) is -0.260. The molecule has 1 aliphatic heterocycles. The lowest BCUT2D eigenvalue weighted by Gasteiger charge is -2.30. The molecule has 0 radical (unpaired) electrons. The Kier molecular flexibility index (Phi) is 4.77. The first-order chi connectivity index (χ1) is 9.47. The van der Waals surface area contributed by atoms with E-state index in [1.54, 1.807) is 12.5 Å². The number of carbonyl (C=O) groups is 1. The zero-order valence-corrected chi connectivity index (χ0v) is 12.3. The number of aromatic nitrogens is 2. The number of piperidine rings is 1. The van der Waals surface area contributed by atoms with E-state index in [4.69, 9.17) is 0 Å². The van der Waals surface area contributed by atoms with Crippen molar-refractivity contribution < 1.29 is 13.2 Å². The fourth-order valence-corrected chi connectivity index (χ4v) is 3.26. The molecular weight excluding hydrogens is 280 g/mol. The highest BCUT2D eigenvalue weighted by Crippen LogP contribution is 2.18. The molecule has 0 saturated carbocycles. The first kappa shape index (κ1) is 15.0. The minimum atomic E-state index is -3.21. The number of carbonyl (C=O) groups excluding carboxylic acids is 1. The van der Waals surface area contributed by atoms with Gasteiger partial charge >= 0.3 is 0 Å². The lowest BCUT2D eigenvalue weighted by atomic mass is 9.99. The molecule has 0 aliphatic carbocycles. The van der Waals surface area contributed by atoms with E-state index >= 15 is 0 Å². The molecule has 1 amide bonds. The maximum absolute atomic E-state index is 12.0. The average molecular weight is 300 g/mol. The fourth-order valence-electron chi connectivity index (χ4n) is 2.34. The maximum Gasteiger partial charge on any atom is 0.224 e. The molecule has 20 heavy (non-hydrogen) atoms. The van der Waals surface area contributed by atoms with Crippen LogP contribution in [0.25, 0.3) is 0 Å². The van der Waals surface area contributed by atoms with Crippen molar-refractivity contribution in [2.75, 3.05) is 25.9 Å². The van der Waals surface area contributed by atoms with Crippen LogP contribution in [0.5, 0.6) is 0 Å². The first-order valence-corrected chi connectivity index (χ1v) is 8.52. The third kappa shape index (κ3) is 4.04. The van der Waals surface area contributed by atoms with Crippen molar-refractivity contribution in [3.63, 3.8) is 0 Å². The standard InChI is InChI=1S/C12H20N4O3S/c1-20(18,19)16-6-2-3-10(8-16)12(17)14-5-4-11-7-13-9-15-11/h7,9-10H,2-6,8H2,1H3,(H,13,15)(H,14,17). The Morgan fingerprint density at radius 3 is 3.05 bits per heavy atom. The van der Waals surface area contributed by atoms with Crippen LogP contribution in [0.4, 0.5) is 0 Å². The van der Waals surface area contributed by atoms with Gasteiger partial charge in [0.15, 0.2) is 0 Å². The molecule has 1 fully saturated rings. The van der Waals surface area contributed by atoms with Crippen LogP contribution in [0.3, 0.4) is 0 Å². The lowest BCUT2D eigenvalue weighted by Crippen LogP contribution is -2.45. The molecule has 0 bridgehead atoms. The van der Waals surface area contributed by atoms with Gasteiger partial charge in [-0.1, -0.05) is 0 Å². The minimum Gasteiger partial charge on any atom is -0.355 e. The van der Waals surface area contributed by atoms with Crippen molar-refractivity contribution in [3.05, 3.63) is 18.2 Å². The molecule has 1 saturated heterocycles. The monoisotopic (exact) mass is 300 g/mol. The van der Waals surface area contributed by atoms with E-state index < -0.39 is 10.0 Å². The van der Waals surface area contributed by atoms with Crippen molar-refractivity contribution >= 4 is 15.9 Å². The van der Waals surface area contributed by atoms with Crippen molar-refractivity contribution in [3.8, 4) is 0 Å². The van der Waals surface area contributed by atoms with E-state index in [2.05, 4.69) is 15.3 Å². The Morgan fingerprint density at radius 1 is 1.60 bits per heavy atom. The van der Waals surface area contributed by atoms with Gasteiger partial charge in [0, 0.05) is 37.9 Å². The molecule has 7 nitrogen and oxygen atoms in total. The van der Waals surface area contributed by atoms with Crippen LogP contribution in [0.2, 0.25) is 0 Å². The zero-order valence-electron chi connectivity index (χ0n) is 11.5. The van der Waals surface area contributed by atoms with Crippen LogP contribution in [0, 0.1) is 5.92 Å². The summed E-state index contributed by atoms with van der Waals surface area (Å²) in [5.74, 6) is -0.321. The minimum absolute atomic E-state index is 0.0714. The Morgan fingerprint density at radius 2 is 2.40 bits per heavy atom. The molecule has 1 aromatic rings. The third-order valence-corrected chi connectivity index (χ3v) is 4.74. The van der Waals surface area contributed by atoms with Gasteiger partial charge in [-0.15, -0.1) is 0 Å². The van der Waals surface area contributed by atoms with Crippen molar-refractivity contribution in [2.24, 2.45) is 5.92 Å². The van der Waals surface area contributed by atoms with Gasteiger partial charge in [0.2, 0.25) is 15.9 Å². The van der Waals surface area contributed by atoms with Crippen LogP contribution < -0.4 is 5.32 Å². The lowest BCUT2D eigenvalue weighted by molar-refractivity contribution is -0.126. The van der Waals surface area contributed by atoms with Crippen molar-refractivity contribution in [1.29, 1.82) is 0 Å². The van der Waals surface area contributed by atoms with E-state index in [1.807, 2.05) is 0 Å². The van der Waals surface area contributed by atoms with Crippen LogP contribution in [0.1, 0.15) is 18.5 Å². The van der Waals surface area contributed by atoms with Crippen molar-refractivity contribution in [1.82, 2.24) is 19.6 Å². The normalized spacial score (nSPS) is 20.8. The van der Waals surface area contributed by atoms with E-state index in [-0.39, 0.29) is 18.4 Å². The second-order valence-corrected chi connectivity index (χ2v) is 7.06. The number of hydrogen-bond donors (Lipinski definition) is 2. The number of rotatable bonds is 5. The van der Waals surface area contributed by atoms with Gasteiger partial charge in [0.1, 0.15) is 0 Å². The van der Waals surface area contributed by atoms with Crippen molar-refractivity contribution in [2.45, 2.75) is 19.3 Å². The number of nitrogens with one attached hydrogen (secondary N) is 2. The third-order valence-electron chi connectivity index (χ3n) is 3.47. The molecule has 2 N–H and O–H groups in total. The Bertz CT molecular complexity index is 541. The Labute approximate surface area is 118 Å². The van der Waals surface area contributed by atoms with Gasteiger partial charge in [0.25, 0.3) is 0 Å². The SMILES string of the molecule is CS(=O)(=O)N1CCCC(C(=O)NCCc2cnc[nH]2)C1. The van der Waals surface area contributed by atoms with Crippen LogP contribution >= 0.6 is 0 Å². The number of hydrogen-bond acceptors (Lipinski definition) is 4. The predicted molar refractivity (Wildman–Crippen MR) is 74.4 cm³/mol. The molecule has 1 aromatic heterocycles. The molecule has 2 heterocycles. The second-order valence-electron chi connectivity index (χ2n) is 5.08. The summed E-state index contributed by atoms with van der Waals surface area (Å²) in [5, 5.41) is 2.85. The van der Waals surface area contributed by atoms with Gasteiger partial charge in [-0.25, -0.2) is 17.7 Å². The summed E-state index contributed by atoms with van der Waals surface area (Å²) in [6.45, 7) is 1.32. The molecule has 1 unspecified atom stereocenters. The fraction of sp³-hybridized carbons (Fsp3) is 0.667. The summed E-state index contributed by atoms with van der Waals surface area (Å²) >= 11 is 0. The van der Waals surface area contributed by atoms with E-state index in [9.17, 15) is 13.2 Å². The quantitative estimate of drug-likeness (QED) is 0.783. The summed E-state index contributed by atoms with van der Waals surface area (Å²) < 4.78 is 24.4. The largest absolute Gasteiger partial charge is 0.355 e. The summed E-state index contributed by atoms with van der Waals surface area (Å²) in [6, 6.07) is 0. The van der Waals surface area contributed by atoms with Gasteiger partial charge in [0.05, 0.1) is 18.5 Å². The van der Waals surface area contributed by atoms with Gasteiger partial charge < -0.3 is 10.3 Å². The number of nitrogens with zero attached hydrogens (tertiary/aromatic N) is 2. The number of aromatic amines is 1. The molecule has 112 valence electrons. The van der Waals surface area contributed by atoms with Crippen LogP contribution in [0.15, 0.2) is 12.5 Å². The number of amides is 1.